The lowest BCUT2D eigenvalue weighted by atomic mass is 10.1. The molecule has 3 nitrogen and oxygen atoms in total. The zero-order chi connectivity index (χ0) is 16.1. The van der Waals surface area contributed by atoms with Crippen molar-refractivity contribution in [3.05, 3.63) is 51.2 Å². The Morgan fingerprint density at radius 2 is 2.05 bits per heavy atom. The molecule has 0 amide bonds. The molecular formula is C18H22N2OS. The Bertz CT molecular complexity index is 670. The second-order valence-corrected chi connectivity index (χ2v) is 7.17. The molecule has 0 saturated heterocycles. The van der Waals surface area contributed by atoms with Crippen LogP contribution in [0.2, 0.25) is 0 Å². The van der Waals surface area contributed by atoms with E-state index in [0.717, 1.165) is 18.7 Å². The van der Waals surface area contributed by atoms with Crippen LogP contribution < -0.4 is 4.74 Å². The van der Waals surface area contributed by atoms with Crippen molar-refractivity contribution in [1.82, 2.24) is 4.90 Å². The maximum absolute atomic E-state index is 9.03. The molecule has 0 spiro atoms. The lowest BCUT2D eigenvalue weighted by Gasteiger charge is -2.21. The van der Waals surface area contributed by atoms with Gasteiger partial charge in [0.25, 0.3) is 0 Å². The van der Waals surface area contributed by atoms with E-state index in [1.807, 2.05) is 12.1 Å². The molecule has 1 heterocycles. The van der Waals surface area contributed by atoms with Gasteiger partial charge < -0.3 is 9.64 Å². The van der Waals surface area contributed by atoms with Crippen LogP contribution in [0.1, 0.15) is 33.4 Å². The number of hydrogen-bond acceptors (Lipinski definition) is 4. The van der Waals surface area contributed by atoms with Crippen molar-refractivity contribution in [2.75, 3.05) is 20.6 Å². The number of nitrogens with zero attached hydrogens (tertiary/aromatic N) is 2. The molecule has 0 radical (unpaired) electrons. The smallest absolute Gasteiger partial charge is 0.126 e. The molecule has 116 valence electrons. The van der Waals surface area contributed by atoms with Crippen molar-refractivity contribution in [2.45, 2.75) is 26.4 Å². The van der Waals surface area contributed by atoms with Crippen LogP contribution in [0, 0.1) is 25.2 Å². The average Bonchev–Trinajstić information content (AvgIpc) is 2.82. The zero-order valence-corrected chi connectivity index (χ0v) is 14.4. The minimum absolute atomic E-state index is 0.0151. The fourth-order valence-electron chi connectivity index (χ4n) is 2.43. The van der Waals surface area contributed by atoms with Crippen LogP contribution >= 0.6 is 11.3 Å². The highest BCUT2D eigenvalue weighted by molar-refractivity contribution is 7.12. The average molecular weight is 314 g/mol. The maximum Gasteiger partial charge on any atom is 0.126 e. The molecule has 1 atom stereocenters. The fraction of sp³-hybridized carbons (Fsp3) is 0.389. The summed E-state index contributed by atoms with van der Waals surface area (Å²) in [4.78, 5) is 4.77. The first-order chi connectivity index (χ1) is 10.5. The van der Waals surface area contributed by atoms with E-state index in [9.17, 15) is 0 Å². The molecule has 22 heavy (non-hydrogen) atoms. The Hall–Kier alpha value is -1.83. The van der Waals surface area contributed by atoms with E-state index in [4.69, 9.17) is 10.00 Å². The first-order valence-electron chi connectivity index (χ1n) is 7.38. The molecule has 2 rings (SSSR count). The SMILES string of the molecule is Cc1cc(C(CCN(C)C)Oc2cccc(C#N)c2)c(C)s1. The summed E-state index contributed by atoms with van der Waals surface area (Å²) in [6.45, 7) is 5.22. The minimum Gasteiger partial charge on any atom is -0.486 e. The lowest BCUT2D eigenvalue weighted by Crippen LogP contribution is -2.19. The van der Waals surface area contributed by atoms with Gasteiger partial charge in [0.2, 0.25) is 0 Å². The molecular weight excluding hydrogens is 292 g/mol. The van der Waals surface area contributed by atoms with E-state index in [0.29, 0.717) is 5.56 Å². The summed E-state index contributed by atoms with van der Waals surface area (Å²) in [5.41, 5.74) is 1.88. The molecule has 0 aliphatic carbocycles. The minimum atomic E-state index is 0.0151. The third-order valence-corrected chi connectivity index (χ3v) is 4.49. The summed E-state index contributed by atoms with van der Waals surface area (Å²) in [5, 5.41) is 9.03. The zero-order valence-electron chi connectivity index (χ0n) is 13.6. The number of thiophene rings is 1. The van der Waals surface area contributed by atoms with Gasteiger partial charge in [-0.25, -0.2) is 0 Å². The first-order valence-corrected chi connectivity index (χ1v) is 8.19. The van der Waals surface area contributed by atoms with Crippen LogP contribution in [0.5, 0.6) is 5.75 Å². The summed E-state index contributed by atoms with van der Waals surface area (Å²) in [6, 6.07) is 11.8. The Morgan fingerprint density at radius 1 is 1.27 bits per heavy atom. The van der Waals surface area contributed by atoms with Gasteiger partial charge in [0, 0.05) is 28.3 Å². The summed E-state index contributed by atoms with van der Waals surface area (Å²) in [7, 11) is 4.14. The predicted octanol–water partition coefficient (Wildman–Crippen LogP) is 4.31. The summed E-state index contributed by atoms with van der Waals surface area (Å²) in [5.74, 6) is 0.756. The maximum atomic E-state index is 9.03. The fourth-order valence-corrected chi connectivity index (χ4v) is 3.40. The molecule has 0 aliphatic rings. The standard InChI is InChI=1S/C18H22N2OS/c1-13-10-17(14(2)22-13)18(8-9-20(3)4)21-16-7-5-6-15(11-16)12-19/h5-7,10-11,18H,8-9H2,1-4H3. The van der Waals surface area contributed by atoms with Crippen molar-refractivity contribution in [1.29, 1.82) is 5.26 Å². The molecule has 0 aliphatic heterocycles. The molecule has 0 N–H and O–H groups in total. The molecule has 1 unspecified atom stereocenters. The largest absolute Gasteiger partial charge is 0.486 e. The molecule has 4 heteroatoms. The van der Waals surface area contributed by atoms with E-state index in [1.165, 1.54) is 15.3 Å². The number of hydrogen-bond donors (Lipinski definition) is 0. The van der Waals surface area contributed by atoms with Crippen LogP contribution in [0.15, 0.2) is 30.3 Å². The highest BCUT2D eigenvalue weighted by atomic mass is 32.1. The second kappa shape index (κ2) is 7.44. The first kappa shape index (κ1) is 16.5. The van der Waals surface area contributed by atoms with Gasteiger partial charge in [0.05, 0.1) is 11.6 Å². The van der Waals surface area contributed by atoms with Gasteiger partial charge in [0.15, 0.2) is 0 Å². The van der Waals surface area contributed by atoms with Crippen molar-refractivity contribution < 1.29 is 4.74 Å². The van der Waals surface area contributed by atoms with Gasteiger partial charge in [-0.05, 0) is 52.2 Å². The summed E-state index contributed by atoms with van der Waals surface area (Å²) >= 11 is 1.80. The Kier molecular flexibility index (Phi) is 5.59. The van der Waals surface area contributed by atoms with Crippen molar-refractivity contribution in [3.8, 4) is 11.8 Å². The van der Waals surface area contributed by atoms with Crippen molar-refractivity contribution >= 4 is 11.3 Å². The van der Waals surface area contributed by atoms with Crippen LogP contribution in [0.3, 0.4) is 0 Å². The van der Waals surface area contributed by atoms with Crippen LogP contribution in [0.25, 0.3) is 0 Å². The highest BCUT2D eigenvalue weighted by Gasteiger charge is 2.18. The lowest BCUT2D eigenvalue weighted by molar-refractivity contribution is 0.179. The van der Waals surface area contributed by atoms with E-state index >= 15 is 0 Å². The summed E-state index contributed by atoms with van der Waals surface area (Å²) in [6.07, 6.45) is 0.933. The van der Waals surface area contributed by atoms with Gasteiger partial charge in [-0.2, -0.15) is 5.26 Å². The van der Waals surface area contributed by atoms with Crippen LogP contribution in [0.4, 0.5) is 0 Å². The predicted molar refractivity (Wildman–Crippen MR) is 91.5 cm³/mol. The molecule has 1 aromatic carbocycles. The van der Waals surface area contributed by atoms with Gasteiger partial charge >= 0.3 is 0 Å². The van der Waals surface area contributed by atoms with E-state index in [1.54, 1.807) is 23.5 Å². The van der Waals surface area contributed by atoms with Crippen LogP contribution in [-0.2, 0) is 0 Å². The van der Waals surface area contributed by atoms with Gasteiger partial charge in [-0.1, -0.05) is 6.07 Å². The van der Waals surface area contributed by atoms with E-state index in [2.05, 4.69) is 45.0 Å². The number of aryl methyl sites for hydroxylation is 2. The second-order valence-electron chi connectivity index (χ2n) is 5.71. The van der Waals surface area contributed by atoms with Crippen LogP contribution in [-0.4, -0.2) is 25.5 Å². The topological polar surface area (TPSA) is 36.3 Å². The van der Waals surface area contributed by atoms with Gasteiger partial charge in [-0.15, -0.1) is 11.3 Å². The quantitative estimate of drug-likeness (QED) is 0.797. The number of benzene rings is 1. The Morgan fingerprint density at radius 3 is 2.64 bits per heavy atom. The monoisotopic (exact) mass is 314 g/mol. The summed E-state index contributed by atoms with van der Waals surface area (Å²) < 4.78 is 6.22. The van der Waals surface area contributed by atoms with Gasteiger partial charge in [-0.3, -0.25) is 0 Å². The molecule has 0 saturated carbocycles. The van der Waals surface area contributed by atoms with Gasteiger partial charge in [0.1, 0.15) is 11.9 Å². The number of rotatable bonds is 6. The third-order valence-electron chi connectivity index (χ3n) is 3.51. The number of ether oxygens (including phenoxy) is 1. The molecule has 0 fully saturated rings. The van der Waals surface area contributed by atoms with E-state index in [-0.39, 0.29) is 6.10 Å². The van der Waals surface area contributed by atoms with Crippen molar-refractivity contribution in [2.24, 2.45) is 0 Å². The molecule has 2 aromatic rings. The number of nitriles is 1. The normalized spacial score (nSPS) is 12.2. The van der Waals surface area contributed by atoms with E-state index < -0.39 is 0 Å². The molecule has 1 aromatic heterocycles. The highest BCUT2D eigenvalue weighted by Crippen LogP contribution is 2.32. The molecule has 0 bridgehead atoms. The Balaban J connectivity index is 2.24. The third kappa shape index (κ3) is 4.33. The van der Waals surface area contributed by atoms with Crippen molar-refractivity contribution in [3.63, 3.8) is 0 Å². The Labute approximate surface area is 136 Å².